The average molecular weight is 350 g/mol. The van der Waals surface area contributed by atoms with E-state index in [1.807, 2.05) is 25.3 Å². The number of thioether (sulfide) groups is 1. The molecule has 1 aromatic carbocycles. The Balaban J connectivity index is 2.39. The second kappa shape index (κ2) is 7.67. The lowest BCUT2D eigenvalue weighted by molar-refractivity contribution is -0.468. The fourth-order valence-electron chi connectivity index (χ4n) is 2.45. The van der Waals surface area contributed by atoms with Gasteiger partial charge in [-0.25, -0.2) is 0 Å². The smallest absolute Gasteiger partial charge is 0.346 e. The van der Waals surface area contributed by atoms with Gasteiger partial charge in [0.05, 0.1) is 10.1 Å². The Kier molecular flexibility index (Phi) is 5.84. The van der Waals surface area contributed by atoms with Gasteiger partial charge in [-0.1, -0.05) is 0 Å². The molecule has 7 nitrogen and oxygen atoms in total. The highest BCUT2D eigenvalue weighted by atomic mass is 32.2. The third kappa shape index (κ3) is 3.70. The molecule has 1 aromatic heterocycles. The summed E-state index contributed by atoms with van der Waals surface area (Å²) in [6.07, 6.45) is 2.65. The highest BCUT2D eigenvalue weighted by Gasteiger charge is 2.26. The second-order valence-corrected chi connectivity index (χ2v) is 6.67. The Morgan fingerprint density at radius 2 is 2.12 bits per heavy atom. The molecule has 0 spiro atoms. The van der Waals surface area contributed by atoms with E-state index < -0.39 is 5.91 Å². The topological polar surface area (TPSA) is 83.3 Å². The zero-order chi connectivity index (χ0) is 17.9. The molecule has 24 heavy (non-hydrogen) atoms. The summed E-state index contributed by atoms with van der Waals surface area (Å²) in [5, 5.41) is 15.1. The Morgan fingerprint density at radius 3 is 2.75 bits per heavy atom. The number of hydrogen-bond donors (Lipinski definition) is 1. The third-order valence-corrected chi connectivity index (χ3v) is 4.48. The Bertz CT molecular complexity index is 817. The number of carbonyl (C=O) groups excluding carboxylic acids is 1. The number of aromatic nitrogens is 2. The molecule has 0 atom stereocenters. The molecule has 1 heterocycles. The van der Waals surface area contributed by atoms with Gasteiger partial charge < -0.3 is 20.2 Å². The van der Waals surface area contributed by atoms with Crippen LogP contribution in [0.15, 0.2) is 23.1 Å². The first-order valence-corrected chi connectivity index (χ1v) is 8.85. The van der Waals surface area contributed by atoms with Gasteiger partial charge in [-0.2, -0.15) is 0 Å². The lowest BCUT2D eigenvalue weighted by atomic mass is 10.2. The van der Waals surface area contributed by atoms with Crippen molar-refractivity contribution < 1.29 is 9.22 Å². The van der Waals surface area contributed by atoms with Gasteiger partial charge in [0.25, 0.3) is 5.52 Å². The molecule has 1 amide bonds. The van der Waals surface area contributed by atoms with Gasteiger partial charge in [0.15, 0.2) is 0 Å². The van der Waals surface area contributed by atoms with Crippen LogP contribution < -0.4 is 9.74 Å². The first-order chi connectivity index (χ1) is 11.4. The summed E-state index contributed by atoms with van der Waals surface area (Å²) in [6.45, 7) is 2.75. The van der Waals surface area contributed by atoms with Gasteiger partial charge >= 0.3 is 11.6 Å². The molecule has 2 rings (SSSR count). The standard InChI is InChI=1S/C16H22N4O3S/c1-11-15(16(21)17-8-5-9-18(2)3)20(23)14-10-12(24-4)6-7-13(14)19(11)22/h6-7,10H,5,8-9H2,1-4H3,(H,17,21). The number of rotatable bonds is 6. The van der Waals surface area contributed by atoms with Gasteiger partial charge in [0.1, 0.15) is 5.52 Å². The molecule has 0 saturated heterocycles. The quantitative estimate of drug-likeness (QED) is 0.486. The molecule has 8 heteroatoms. The minimum Gasteiger partial charge on any atom is -0.805 e. The lowest BCUT2D eigenvalue weighted by Crippen LogP contribution is -2.37. The second-order valence-electron chi connectivity index (χ2n) is 5.79. The summed E-state index contributed by atoms with van der Waals surface area (Å²) in [4.78, 5) is 27.9. The van der Waals surface area contributed by atoms with E-state index in [0.29, 0.717) is 15.7 Å². The molecule has 0 aliphatic heterocycles. The predicted octanol–water partition coefficient (Wildman–Crippen LogP) is 1.61. The largest absolute Gasteiger partial charge is 0.805 e. The fourth-order valence-corrected chi connectivity index (χ4v) is 2.88. The van der Waals surface area contributed by atoms with Crippen LogP contribution in [0.5, 0.6) is 0 Å². The minimum atomic E-state index is -0.526. The maximum Gasteiger partial charge on any atom is 0.346 e. The average Bonchev–Trinajstić information content (AvgIpc) is 2.56. The molecular formula is C16H22N4O3S. The maximum atomic E-state index is 12.6. The van der Waals surface area contributed by atoms with Crippen LogP contribution >= 0.6 is 11.8 Å². The number of amides is 1. The third-order valence-electron chi connectivity index (χ3n) is 3.75. The summed E-state index contributed by atoms with van der Waals surface area (Å²) in [6, 6.07) is 5.01. The fraction of sp³-hybridized carbons (Fsp3) is 0.438. The monoisotopic (exact) mass is 350 g/mol. The van der Waals surface area contributed by atoms with Crippen molar-refractivity contribution in [3.05, 3.63) is 39.7 Å². The molecule has 0 aliphatic carbocycles. The van der Waals surface area contributed by atoms with E-state index in [0.717, 1.165) is 17.9 Å². The SMILES string of the molecule is CSc1ccc2c(c1)[n+](=O)c(C(=O)NCCCN(C)C)c(C)n2[O-]. The molecule has 1 N–H and O–H groups in total. The minimum absolute atomic E-state index is 0.0968. The number of hydrogen-bond acceptors (Lipinski definition) is 5. The number of nitrogens with zero attached hydrogens (tertiary/aromatic N) is 3. The lowest BCUT2D eigenvalue weighted by Gasteiger charge is -2.16. The molecule has 0 aliphatic rings. The van der Waals surface area contributed by atoms with Gasteiger partial charge in [0, 0.05) is 22.4 Å². The zero-order valence-electron chi connectivity index (χ0n) is 14.3. The molecule has 0 fully saturated rings. The van der Waals surface area contributed by atoms with Gasteiger partial charge in [-0.15, -0.1) is 11.8 Å². The van der Waals surface area contributed by atoms with Crippen molar-refractivity contribution in [1.82, 2.24) is 14.9 Å². The van der Waals surface area contributed by atoms with Gasteiger partial charge in [-0.05, 0) is 52.4 Å². The van der Waals surface area contributed by atoms with Crippen molar-refractivity contribution in [3.8, 4) is 0 Å². The molecular weight excluding hydrogens is 328 g/mol. The van der Waals surface area contributed by atoms with Crippen LogP contribution in [0.25, 0.3) is 11.0 Å². The van der Waals surface area contributed by atoms with Crippen LogP contribution in [0, 0.1) is 17.0 Å². The molecule has 0 saturated carbocycles. The summed E-state index contributed by atoms with van der Waals surface area (Å²) >= 11 is 1.47. The highest BCUT2D eigenvalue weighted by molar-refractivity contribution is 7.98. The summed E-state index contributed by atoms with van der Waals surface area (Å²) in [5.41, 5.74) is 0.394. The van der Waals surface area contributed by atoms with Crippen molar-refractivity contribution in [2.45, 2.75) is 18.2 Å². The number of fused-ring (bicyclic) bond motifs is 1. The van der Waals surface area contributed by atoms with Crippen molar-refractivity contribution in [2.75, 3.05) is 33.4 Å². The molecule has 2 aromatic rings. The van der Waals surface area contributed by atoms with Gasteiger partial charge in [-0.3, -0.25) is 4.79 Å². The summed E-state index contributed by atoms with van der Waals surface area (Å²) < 4.78 is 1.20. The molecule has 0 radical (unpaired) electrons. The number of carbonyl (C=O) groups is 1. The van der Waals surface area contributed by atoms with E-state index in [4.69, 9.17) is 0 Å². The van der Waals surface area contributed by atoms with Crippen LogP contribution in [0.2, 0.25) is 0 Å². The Labute approximate surface area is 144 Å². The first-order valence-electron chi connectivity index (χ1n) is 7.63. The molecule has 0 bridgehead atoms. The predicted molar refractivity (Wildman–Crippen MR) is 96.1 cm³/mol. The first kappa shape index (κ1) is 18.3. The van der Waals surface area contributed by atoms with Crippen molar-refractivity contribution in [1.29, 1.82) is 0 Å². The Morgan fingerprint density at radius 1 is 1.42 bits per heavy atom. The summed E-state index contributed by atoms with van der Waals surface area (Å²) in [7, 11) is 3.90. The van der Waals surface area contributed by atoms with Crippen LogP contribution in [-0.2, 0) is 0 Å². The van der Waals surface area contributed by atoms with Crippen LogP contribution in [0.3, 0.4) is 0 Å². The Hall–Kier alpha value is -2.06. The van der Waals surface area contributed by atoms with Crippen LogP contribution in [0.4, 0.5) is 0 Å². The van der Waals surface area contributed by atoms with Crippen LogP contribution in [-0.4, -0.2) is 49.0 Å². The number of nitrogens with one attached hydrogen (secondary N) is 1. The van der Waals surface area contributed by atoms with Crippen molar-refractivity contribution in [3.63, 3.8) is 0 Å². The highest BCUT2D eigenvalue weighted by Crippen LogP contribution is 2.21. The van der Waals surface area contributed by atoms with E-state index in [1.54, 1.807) is 18.2 Å². The molecule has 0 unspecified atom stereocenters. The maximum absolute atomic E-state index is 12.6. The van der Waals surface area contributed by atoms with E-state index >= 15 is 0 Å². The normalized spacial score (nSPS) is 11.2. The van der Waals surface area contributed by atoms with E-state index in [1.165, 1.54) is 18.7 Å². The summed E-state index contributed by atoms with van der Waals surface area (Å²) in [5.74, 6) is -0.526. The van der Waals surface area contributed by atoms with Crippen molar-refractivity contribution in [2.24, 2.45) is 0 Å². The zero-order valence-corrected chi connectivity index (χ0v) is 15.1. The van der Waals surface area contributed by atoms with E-state index in [-0.39, 0.29) is 22.4 Å². The van der Waals surface area contributed by atoms with E-state index in [9.17, 15) is 14.9 Å². The molecule has 130 valence electrons. The van der Waals surface area contributed by atoms with E-state index in [2.05, 4.69) is 5.32 Å². The van der Waals surface area contributed by atoms with Gasteiger partial charge in [0.2, 0.25) is 0 Å². The van der Waals surface area contributed by atoms with Crippen LogP contribution in [0.1, 0.15) is 22.6 Å². The number of benzene rings is 1. The van der Waals surface area contributed by atoms with Crippen molar-refractivity contribution >= 4 is 28.7 Å².